The van der Waals surface area contributed by atoms with Gasteiger partial charge in [-0.3, -0.25) is 4.79 Å². The number of halogens is 10. The molecule has 0 aliphatic rings. The van der Waals surface area contributed by atoms with Gasteiger partial charge in [0.25, 0.3) is 0 Å². The second kappa shape index (κ2) is 13.2. The van der Waals surface area contributed by atoms with Crippen molar-refractivity contribution < 1.29 is 52.3 Å². The Hall–Kier alpha value is -4.00. The minimum atomic E-state index is -10.7. The Morgan fingerprint density at radius 1 is 0.596 bits per heavy atom. The monoisotopic (exact) mass is 722 g/mol. The van der Waals surface area contributed by atoms with Crippen molar-refractivity contribution in [2.75, 3.05) is 7.11 Å². The third-order valence-corrected chi connectivity index (χ3v) is 8.12. The van der Waals surface area contributed by atoms with Crippen LogP contribution in [0.4, 0.5) is 42.7 Å². The number of rotatable bonds is 8. The Morgan fingerprint density at radius 3 is 1.83 bits per heavy atom. The fourth-order valence-corrected chi connectivity index (χ4v) is 5.88. The van der Waals surface area contributed by atoms with Crippen molar-refractivity contribution in [2.24, 2.45) is 0 Å². The molecule has 5 aromatic rings. The van der Waals surface area contributed by atoms with Crippen LogP contribution in [0.15, 0.2) is 123 Å². The van der Waals surface area contributed by atoms with Crippen LogP contribution in [-0.2, 0) is 0 Å². The molecule has 47 heavy (non-hydrogen) atoms. The van der Waals surface area contributed by atoms with E-state index in [1.54, 1.807) is 18.2 Å². The molecule has 0 radical (unpaired) electrons. The molecule has 0 heterocycles. The van der Waals surface area contributed by atoms with Crippen molar-refractivity contribution >= 4 is 37.1 Å². The molecule has 2 nitrogen and oxygen atoms in total. The van der Waals surface area contributed by atoms with Crippen LogP contribution >= 0.6 is 31.3 Å². The first kappa shape index (κ1) is 35.8. The van der Waals surface area contributed by atoms with E-state index < -0.39 is 31.1 Å². The van der Waals surface area contributed by atoms with Crippen molar-refractivity contribution in [3.8, 4) is 16.9 Å². The van der Waals surface area contributed by atoms with Gasteiger partial charge in [0.15, 0.2) is 23.3 Å². The molecular formula is C32H21F10O2PS2. The third-order valence-electron chi connectivity index (χ3n) is 6.03. The van der Waals surface area contributed by atoms with Gasteiger partial charge in [0.05, 0.1) is 23.1 Å². The van der Waals surface area contributed by atoms with Crippen LogP contribution < -0.4 is 4.74 Å². The van der Waals surface area contributed by atoms with Crippen LogP contribution in [0, 0.1) is 23.3 Å². The molecule has 0 saturated heterocycles. The molecule has 0 unspecified atom stereocenters. The average Bonchev–Trinajstić information content (AvgIpc) is 3.02. The Bertz CT molecular complexity index is 1910. The second-order valence-electron chi connectivity index (χ2n) is 9.59. The molecule has 0 atom stereocenters. The molecule has 0 aliphatic heterocycles. The van der Waals surface area contributed by atoms with Crippen LogP contribution in [0.2, 0.25) is 0 Å². The van der Waals surface area contributed by atoms with Crippen molar-refractivity contribution in [3.63, 3.8) is 0 Å². The summed E-state index contributed by atoms with van der Waals surface area (Å²) in [7, 11) is -9.15. The molecular weight excluding hydrogens is 701 g/mol. The van der Waals surface area contributed by atoms with E-state index in [1.165, 1.54) is 18.9 Å². The Labute approximate surface area is 270 Å². The van der Waals surface area contributed by atoms with Gasteiger partial charge in [0, 0.05) is 14.7 Å². The topological polar surface area (TPSA) is 30.6 Å². The Kier molecular flexibility index (Phi) is 10.1. The number of benzene rings is 5. The van der Waals surface area contributed by atoms with Gasteiger partial charge in [-0.15, -0.1) is 0 Å². The van der Waals surface area contributed by atoms with E-state index in [-0.39, 0.29) is 10.7 Å². The van der Waals surface area contributed by atoms with Gasteiger partial charge in [0.1, 0.15) is 5.75 Å². The number of carbonyl (C=O) groups excluding carboxylic acids is 1. The molecule has 5 aromatic carbocycles. The SMILES string of the molecule is COc1ccc(Sc2cc(F)c(F)c(F)c2F)c(-c2ccc(Sc3cccc(C(=[OH+])c4ccccc4)c3)cc2)c1.F[P-](F)(F)(F)(F)F. The van der Waals surface area contributed by atoms with Crippen LogP contribution in [0.25, 0.3) is 11.1 Å². The number of methoxy groups -OCH3 is 1. The predicted molar refractivity (Wildman–Crippen MR) is 165 cm³/mol. The number of hydrogen-bond acceptors (Lipinski definition) is 3. The quantitative estimate of drug-likeness (QED) is 0.0399. The van der Waals surface area contributed by atoms with Crippen molar-refractivity contribution in [2.45, 2.75) is 19.6 Å². The fourth-order valence-electron chi connectivity index (χ4n) is 4.00. The Balaban J connectivity index is 0.000000644. The summed E-state index contributed by atoms with van der Waals surface area (Å²) in [6.45, 7) is 0. The summed E-state index contributed by atoms with van der Waals surface area (Å²) in [4.78, 5) is 12.7. The first-order valence-corrected chi connectivity index (χ1v) is 16.7. The zero-order chi connectivity index (χ0) is 34.6. The fraction of sp³-hybridized carbons (Fsp3) is 0.0312. The van der Waals surface area contributed by atoms with Crippen LogP contribution in [-0.4, -0.2) is 17.7 Å². The molecule has 0 bridgehead atoms. The summed E-state index contributed by atoms with van der Waals surface area (Å²) in [5.41, 5.74) is 2.84. The van der Waals surface area contributed by atoms with Crippen molar-refractivity contribution in [1.29, 1.82) is 0 Å². The third kappa shape index (κ3) is 10.8. The van der Waals surface area contributed by atoms with Gasteiger partial charge in [-0.1, -0.05) is 59.9 Å². The van der Waals surface area contributed by atoms with Crippen LogP contribution in [0.3, 0.4) is 0 Å². The molecule has 0 aromatic heterocycles. The Morgan fingerprint density at radius 2 is 1.21 bits per heavy atom. The van der Waals surface area contributed by atoms with E-state index in [0.717, 1.165) is 32.7 Å². The van der Waals surface area contributed by atoms with Crippen LogP contribution in [0.1, 0.15) is 11.1 Å². The number of ether oxygens (including phenoxy) is 1. The van der Waals surface area contributed by atoms with E-state index in [0.29, 0.717) is 27.8 Å². The predicted octanol–water partition coefficient (Wildman–Crippen LogP) is 12.5. The van der Waals surface area contributed by atoms with E-state index >= 15 is 0 Å². The zero-order valence-electron chi connectivity index (χ0n) is 23.7. The second-order valence-corrected chi connectivity index (χ2v) is 13.7. The molecule has 0 spiro atoms. The van der Waals surface area contributed by atoms with Gasteiger partial charge in [-0.2, -0.15) is 0 Å². The minimum absolute atomic E-state index is 0.193. The van der Waals surface area contributed by atoms with Gasteiger partial charge in [-0.05, 0) is 77.9 Å². The average molecular weight is 723 g/mol. The maximum absolute atomic E-state index is 14.4. The molecule has 0 fully saturated rings. The zero-order valence-corrected chi connectivity index (χ0v) is 26.2. The number of ketones is 1. The maximum atomic E-state index is 14.4. The number of hydrogen-bond donors (Lipinski definition) is 0. The standard InChI is InChI=1S/C32H20F4O2S2.F6P/c1-38-22-12-15-27(40-28-18-26(33)29(34)31(36)30(28)35)25(17-22)19-10-13-23(14-11-19)39-24-9-5-8-21(16-24)32(37)20-6-3-2-4-7-20;1-7(2,3,4,5)6/h2-18H,1H3;/q;-1/p+1. The van der Waals surface area contributed by atoms with Crippen LogP contribution in [0.5, 0.6) is 5.75 Å². The molecule has 15 heteroatoms. The van der Waals surface area contributed by atoms with E-state index in [4.69, 9.17) is 4.74 Å². The molecule has 248 valence electrons. The summed E-state index contributed by atoms with van der Waals surface area (Å²) in [6.07, 6.45) is 0. The molecule has 5 rings (SSSR count). The first-order valence-electron chi connectivity index (χ1n) is 13.0. The van der Waals surface area contributed by atoms with Gasteiger partial charge in [-0.25, -0.2) is 17.6 Å². The van der Waals surface area contributed by atoms with Crippen molar-refractivity contribution in [3.05, 3.63) is 138 Å². The van der Waals surface area contributed by atoms with E-state index in [1.807, 2.05) is 78.9 Å². The van der Waals surface area contributed by atoms with Gasteiger partial charge >= 0.3 is 38.8 Å². The summed E-state index contributed by atoms with van der Waals surface area (Å²) in [5.74, 6) is -5.87. The summed E-state index contributed by atoms with van der Waals surface area (Å²) in [6, 6.07) is 30.2. The molecule has 0 saturated carbocycles. The summed E-state index contributed by atoms with van der Waals surface area (Å²) in [5, 5.41) is 0. The molecule has 0 amide bonds. The normalized spacial score (nSPS) is 12.7. The van der Waals surface area contributed by atoms with Gasteiger partial charge in [0.2, 0.25) is 0 Å². The van der Waals surface area contributed by atoms with E-state index in [9.17, 15) is 47.5 Å². The first-order chi connectivity index (χ1) is 21.8. The molecule has 1 N–H and O–H groups in total. The summed E-state index contributed by atoms with van der Waals surface area (Å²) >= 11 is 2.31. The van der Waals surface area contributed by atoms with Gasteiger partial charge < -0.3 is 4.74 Å². The molecule has 0 aliphatic carbocycles. The van der Waals surface area contributed by atoms with E-state index in [2.05, 4.69) is 0 Å². The summed E-state index contributed by atoms with van der Waals surface area (Å²) < 4.78 is 120. The van der Waals surface area contributed by atoms with Crippen molar-refractivity contribution in [1.82, 2.24) is 0 Å².